The average molecular weight is 300 g/mol. The van der Waals surface area contributed by atoms with Gasteiger partial charge in [0.1, 0.15) is 0 Å². The maximum atomic E-state index is 12.8. The molecule has 0 aromatic heterocycles. The Morgan fingerprint density at radius 1 is 1.25 bits per heavy atom. The van der Waals surface area contributed by atoms with E-state index in [1.54, 1.807) is 12.1 Å². The van der Waals surface area contributed by atoms with Crippen molar-refractivity contribution >= 4 is 10.8 Å². The summed E-state index contributed by atoms with van der Waals surface area (Å²) in [6.07, 6.45) is 1.08. The van der Waals surface area contributed by atoms with Crippen LogP contribution in [0.5, 0.6) is 0 Å². The fourth-order valence-electron chi connectivity index (χ4n) is 3.48. The van der Waals surface area contributed by atoms with E-state index in [-0.39, 0.29) is 16.1 Å². The Kier molecular flexibility index (Phi) is 3.67. The molecule has 2 nitrogen and oxygen atoms in total. The Morgan fingerprint density at radius 3 is 2.50 bits per heavy atom. The van der Waals surface area contributed by atoms with Gasteiger partial charge in [-0.05, 0) is 37.3 Å². The predicted octanol–water partition coefficient (Wildman–Crippen LogP) is 3.28. The van der Waals surface area contributed by atoms with E-state index in [1.807, 2.05) is 0 Å². The number of halogens is 2. The fraction of sp³-hybridized carbons (Fsp3) is 0.600. The van der Waals surface area contributed by atoms with Crippen LogP contribution in [0.15, 0.2) is 24.3 Å². The molecule has 0 saturated carbocycles. The molecule has 0 radical (unpaired) electrons. The molecule has 1 N–H and O–H groups in total. The molecule has 2 heterocycles. The van der Waals surface area contributed by atoms with Gasteiger partial charge < -0.3 is 5.11 Å². The lowest BCUT2D eigenvalue weighted by Gasteiger charge is -2.43. The van der Waals surface area contributed by atoms with E-state index in [1.165, 1.54) is 12.1 Å². The second-order valence-corrected chi connectivity index (χ2v) is 7.86. The molecule has 5 heteroatoms. The van der Waals surface area contributed by atoms with Gasteiger partial charge >= 0.3 is 0 Å². The highest BCUT2D eigenvalue weighted by atomic mass is 32.2. The second-order valence-electron chi connectivity index (χ2n) is 5.87. The van der Waals surface area contributed by atoms with Gasteiger partial charge in [-0.2, -0.15) is 0 Å². The van der Waals surface area contributed by atoms with E-state index >= 15 is 0 Å². The highest BCUT2D eigenvalue weighted by molar-refractivity contribution is 7.86. The number of hydrogen-bond donors (Lipinski definition) is 1. The average Bonchev–Trinajstić information content (AvgIpc) is 2.41. The van der Waals surface area contributed by atoms with E-state index < -0.39 is 22.8 Å². The van der Waals surface area contributed by atoms with Crippen LogP contribution in [-0.4, -0.2) is 19.8 Å². The molecule has 0 spiro atoms. The van der Waals surface area contributed by atoms with Crippen LogP contribution >= 0.6 is 0 Å². The van der Waals surface area contributed by atoms with Gasteiger partial charge in [-0.1, -0.05) is 24.6 Å². The monoisotopic (exact) mass is 300 g/mol. The molecule has 110 valence electrons. The zero-order valence-corrected chi connectivity index (χ0v) is 11.9. The standard InChI is InChI=1S/C15H18F2O2S/c16-14(17)10-3-1-4-11(7-10)15(18)8-12-5-2-6-13(9-15)20(12)19/h1,3-4,7,12-14,18H,2,5-6,8-9H2. The lowest BCUT2D eigenvalue weighted by atomic mass is 9.80. The minimum absolute atomic E-state index is 0.00251. The van der Waals surface area contributed by atoms with Crippen molar-refractivity contribution in [2.75, 3.05) is 0 Å². The molecule has 2 bridgehead atoms. The van der Waals surface area contributed by atoms with Gasteiger partial charge in [0, 0.05) is 26.9 Å². The highest BCUT2D eigenvalue weighted by Crippen LogP contribution is 2.44. The molecule has 2 aliphatic rings. The van der Waals surface area contributed by atoms with Crippen molar-refractivity contribution in [3.63, 3.8) is 0 Å². The van der Waals surface area contributed by atoms with Crippen LogP contribution in [0.4, 0.5) is 8.78 Å². The molecule has 2 fully saturated rings. The summed E-state index contributed by atoms with van der Waals surface area (Å²) in [6.45, 7) is 0. The first-order valence-corrected chi connectivity index (χ1v) is 8.27. The van der Waals surface area contributed by atoms with E-state index in [0.29, 0.717) is 18.4 Å². The smallest absolute Gasteiger partial charge is 0.263 e. The molecule has 1 aromatic rings. The summed E-state index contributed by atoms with van der Waals surface area (Å²) in [5, 5.41) is 10.9. The van der Waals surface area contributed by atoms with Crippen molar-refractivity contribution in [1.82, 2.24) is 0 Å². The quantitative estimate of drug-likeness (QED) is 0.910. The molecule has 1 aromatic carbocycles. The summed E-state index contributed by atoms with van der Waals surface area (Å²) >= 11 is 0. The van der Waals surface area contributed by atoms with Crippen LogP contribution in [0, 0.1) is 0 Å². The summed E-state index contributed by atoms with van der Waals surface area (Å²) in [4.78, 5) is 0. The topological polar surface area (TPSA) is 37.3 Å². The molecule has 20 heavy (non-hydrogen) atoms. The van der Waals surface area contributed by atoms with Crippen molar-refractivity contribution in [1.29, 1.82) is 0 Å². The highest BCUT2D eigenvalue weighted by Gasteiger charge is 2.46. The van der Waals surface area contributed by atoms with Crippen molar-refractivity contribution in [3.05, 3.63) is 35.4 Å². The molecule has 2 atom stereocenters. The normalized spacial score (nSPS) is 37.1. The van der Waals surface area contributed by atoms with E-state index in [0.717, 1.165) is 19.3 Å². The van der Waals surface area contributed by atoms with Crippen molar-refractivity contribution in [2.24, 2.45) is 0 Å². The lowest BCUT2D eigenvalue weighted by molar-refractivity contribution is 0.00626. The third kappa shape index (κ3) is 2.42. The van der Waals surface area contributed by atoms with Crippen LogP contribution in [0.25, 0.3) is 0 Å². The summed E-state index contributed by atoms with van der Waals surface area (Å²) in [5.41, 5.74) is -0.620. The molecular weight excluding hydrogens is 282 g/mol. The van der Waals surface area contributed by atoms with E-state index in [9.17, 15) is 18.1 Å². The maximum Gasteiger partial charge on any atom is 0.263 e. The SMILES string of the molecule is O=S1C2CCCC1CC(O)(c1cccc(C(F)F)c1)C2. The Hall–Kier alpha value is -0.810. The number of hydrogen-bond acceptors (Lipinski definition) is 2. The number of fused-ring (bicyclic) bond motifs is 2. The van der Waals surface area contributed by atoms with Gasteiger partial charge in [-0.25, -0.2) is 8.78 Å². The first-order valence-electron chi connectivity index (χ1n) is 7.00. The first-order chi connectivity index (χ1) is 9.49. The van der Waals surface area contributed by atoms with E-state index in [4.69, 9.17) is 0 Å². The predicted molar refractivity (Wildman–Crippen MR) is 74.1 cm³/mol. The van der Waals surface area contributed by atoms with E-state index in [2.05, 4.69) is 0 Å². The van der Waals surface area contributed by atoms with Gasteiger partial charge in [-0.15, -0.1) is 0 Å². The maximum absolute atomic E-state index is 12.8. The summed E-state index contributed by atoms with van der Waals surface area (Å²) in [5.74, 6) is 0. The minimum atomic E-state index is -2.53. The third-order valence-electron chi connectivity index (χ3n) is 4.52. The van der Waals surface area contributed by atoms with Crippen molar-refractivity contribution in [3.8, 4) is 0 Å². The Bertz CT molecular complexity index is 516. The van der Waals surface area contributed by atoms with Gasteiger partial charge in [0.2, 0.25) is 0 Å². The molecule has 2 saturated heterocycles. The molecule has 0 amide bonds. The fourth-order valence-corrected chi connectivity index (χ4v) is 5.70. The Labute approximate surface area is 119 Å². The van der Waals surface area contributed by atoms with Crippen molar-refractivity contribution in [2.45, 2.75) is 54.6 Å². The van der Waals surface area contributed by atoms with Crippen LogP contribution in [0.1, 0.15) is 49.7 Å². The second kappa shape index (κ2) is 5.19. The first kappa shape index (κ1) is 14.1. The van der Waals surface area contributed by atoms with Gasteiger partial charge in [0.05, 0.1) is 5.60 Å². The Balaban J connectivity index is 1.93. The molecular formula is C15H18F2O2S. The molecule has 2 unspecified atom stereocenters. The number of aliphatic hydroxyl groups is 1. The molecule has 3 rings (SSSR count). The zero-order chi connectivity index (χ0) is 14.3. The lowest BCUT2D eigenvalue weighted by Crippen LogP contribution is -2.47. The largest absolute Gasteiger partial charge is 0.385 e. The molecule has 2 aliphatic heterocycles. The zero-order valence-electron chi connectivity index (χ0n) is 11.1. The van der Waals surface area contributed by atoms with Gasteiger partial charge in [-0.3, -0.25) is 4.21 Å². The number of benzene rings is 1. The summed E-state index contributed by atoms with van der Waals surface area (Å²) < 4.78 is 37.8. The molecule has 0 aliphatic carbocycles. The van der Waals surface area contributed by atoms with Crippen molar-refractivity contribution < 1.29 is 18.1 Å². The third-order valence-corrected chi connectivity index (χ3v) is 6.63. The van der Waals surface area contributed by atoms with Gasteiger partial charge in [0.15, 0.2) is 0 Å². The summed E-state index contributed by atoms with van der Waals surface area (Å²) in [7, 11) is -0.879. The number of alkyl halides is 2. The summed E-state index contributed by atoms with van der Waals surface area (Å²) in [6, 6.07) is 6.04. The van der Waals surface area contributed by atoms with Gasteiger partial charge in [0.25, 0.3) is 6.43 Å². The Morgan fingerprint density at radius 2 is 1.90 bits per heavy atom. The van der Waals surface area contributed by atoms with Crippen LogP contribution in [0.3, 0.4) is 0 Å². The number of rotatable bonds is 2. The minimum Gasteiger partial charge on any atom is -0.385 e. The van der Waals surface area contributed by atoms with Crippen LogP contribution in [-0.2, 0) is 16.4 Å². The van der Waals surface area contributed by atoms with Crippen LogP contribution < -0.4 is 0 Å². The van der Waals surface area contributed by atoms with Crippen LogP contribution in [0.2, 0.25) is 0 Å².